The fourth-order valence-electron chi connectivity index (χ4n) is 3.28. The van der Waals surface area contributed by atoms with Gasteiger partial charge < -0.3 is 24.8 Å². The first-order chi connectivity index (χ1) is 12.1. The molecule has 1 aliphatic carbocycles. The van der Waals surface area contributed by atoms with E-state index in [1.54, 1.807) is 13.2 Å². The third kappa shape index (κ3) is 4.29. The van der Waals surface area contributed by atoms with Gasteiger partial charge in [0.2, 0.25) is 0 Å². The summed E-state index contributed by atoms with van der Waals surface area (Å²) in [6, 6.07) is 7.33. The molecule has 0 aromatic heterocycles. The van der Waals surface area contributed by atoms with Crippen molar-refractivity contribution in [3.63, 3.8) is 0 Å². The van der Waals surface area contributed by atoms with Crippen LogP contribution in [0.1, 0.15) is 31.2 Å². The van der Waals surface area contributed by atoms with E-state index in [2.05, 4.69) is 10.6 Å². The van der Waals surface area contributed by atoms with Crippen LogP contribution in [0.3, 0.4) is 0 Å². The minimum Gasteiger partial charge on any atom is -0.496 e. The minimum atomic E-state index is -0.680. The first-order valence-corrected chi connectivity index (χ1v) is 8.61. The molecule has 2 aliphatic rings. The van der Waals surface area contributed by atoms with Gasteiger partial charge in [-0.2, -0.15) is 0 Å². The lowest BCUT2D eigenvalue weighted by Crippen LogP contribution is -2.43. The highest BCUT2D eigenvalue weighted by molar-refractivity contribution is 6.35. The molecule has 0 bridgehead atoms. The standard InChI is InChI=1S/C18H24N2O5/c1-23-15-7-3-2-6-13(15)10-19-16(21)17(22)20-11-14-12-24-18(25-14)8-4-5-9-18/h2-3,6-7,14H,4-5,8-12H2,1H3,(H,19,21)(H,20,22). The average molecular weight is 348 g/mol. The van der Waals surface area contributed by atoms with E-state index in [4.69, 9.17) is 14.2 Å². The van der Waals surface area contributed by atoms with E-state index >= 15 is 0 Å². The normalized spacial score (nSPS) is 21.2. The molecule has 1 atom stereocenters. The topological polar surface area (TPSA) is 85.9 Å². The fraction of sp³-hybridized carbons (Fsp3) is 0.556. The third-order valence-electron chi connectivity index (χ3n) is 4.61. The molecule has 1 aliphatic heterocycles. The van der Waals surface area contributed by atoms with E-state index in [-0.39, 0.29) is 19.2 Å². The van der Waals surface area contributed by atoms with E-state index in [9.17, 15) is 9.59 Å². The number of carbonyl (C=O) groups excluding carboxylic acids is 2. The van der Waals surface area contributed by atoms with Crippen LogP contribution in [0.25, 0.3) is 0 Å². The largest absolute Gasteiger partial charge is 0.496 e. The maximum atomic E-state index is 11.9. The average Bonchev–Trinajstić information content (AvgIpc) is 3.27. The van der Waals surface area contributed by atoms with Crippen LogP contribution in [0.5, 0.6) is 5.75 Å². The monoisotopic (exact) mass is 348 g/mol. The maximum Gasteiger partial charge on any atom is 0.309 e. The molecular weight excluding hydrogens is 324 g/mol. The van der Waals surface area contributed by atoms with Crippen molar-refractivity contribution in [2.45, 2.75) is 44.1 Å². The third-order valence-corrected chi connectivity index (χ3v) is 4.61. The zero-order valence-electron chi connectivity index (χ0n) is 14.4. The van der Waals surface area contributed by atoms with Crippen LogP contribution in [0.2, 0.25) is 0 Å². The number of rotatable bonds is 5. The van der Waals surface area contributed by atoms with Crippen LogP contribution in [-0.4, -0.2) is 44.0 Å². The van der Waals surface area contributed by atoms with Gasteiger partial charge in [-0.3, -0.25) is 9.59 Å². The number of ether oxygens (including phenoxy) is 3. The second-order valence-corrected chi connectivity index (χ2v) is 6.37. The van der Waals surface area contributed by atoms with Gasteiger partial charge in [-0.05, 0) is 18.9 Å². The number of para-hydroxylation sites is 1. The summed E-state index contributed by atoms with van der Waals surface area (Å²) in [6.07, 6.45) is 3.80. The molecule has 1 spiro atoms. The molecule has 1 heterocycles. The van der Waals surface area contributed by atoms with Crippen molar-refractivity contribution < 1.29 is 23.8 Å². The number of hydrogen-bond donors (Lipinski definition) is 2. The predicted octanol–water partition coefficient (Wildman–Crippen LogP) is 1.11. The number of nitrogens with one attached hydrogen (secondary N) is 2. The van der Waals surface area contributed by atoms with Crippen molar-refractivity contribution in [2.75, 3.05) is 20.3 Å². The van der Waals surface area contributed by atoms with E-state index in [0.29, 0.717) is 12.4 Å². The highest BCUT2D eigenvalue weighted by Gasteiger charge is 2.43. The van der Waals surface area contributed by atoms with Crippen LogP contribution in [0, 0.1) is 0 Å². The summed E-state index contributed by atoms with van der Waals surface area (Å²) in [5.41, 5.74) is 0.807. The van der Waals surface area contributed by atoms with Gasteiger partial charge in [0.25, 0.3) is 0 Å². The Morgan fingerprint density at radius 2 is 1.92 bits per heavy atom. The Hall–Kier alpha value is -2.12. The molecule has 2 fully saturated rings. The molecule has 25 heavy (non-hydrogen) atoms. The van der Waals surface area contributed by atoms with Gasteiger partial charge in [0, 0.05) is 31.5 Å². The molecule has 3 rings (SSSR count). The van der Waals surface area contributed by atoms with Crippen molar-refractivity contribution in [3.05, 3.63) is 29.8 Å². The van der Waals surface area contributed by atoms with Gasteiger partial charge >= 0.3 is 11.8 Å². The van der Waals surface area contributed by atoms with Gasteiger partial charge in [0.1, 0.15) is 11.9 Å². The van der Waals surface area contributed by atoms with E-state index in [0.717, 1.165) is 31.2 Å². The Morgan fingerprint density at radius 3 is 2.68 bits per heavy atom. The van der Waals surface area contributed by atoms with Crippen LogP contribution in [-0.2, 0) is 25.6 Å². The van der Waals surface area contributed by atoms with Gasteiger partial charge in [-0.25, -0.2) is 0 Å². The molecule has 0 radical (unpaired) electrons. The minimum absolute atomic E-state index is 0.205. The van der Waals surface area contributed by atoms with Crippen LogP contribution >= 0.6 is 0 Å². The summed E-state index contributed by atoms with van der Waals surface area (Å²) in [6.45, 7) is 0.939. The molecule has 2 amide bonds. The van der Waals surface area contributed by atoms with Crippen LogP contribution < -0.4 is 15.4 Å². The first-order valence-electron chi connectivity index (χ1n) is 8.61. The molecule has 1 unspecified atom stereocenters. The number of benzene rings is 1. The molecular formula is C18H24N2O5. The quantitative estimate of drug-likeness (QED) is 0.779. The number of amides is 2. The zero-order valence-corrected chi connectivity index (χ0v) is 14.4. The Bertz CT molecular complexity index is 628. The second-order valence-electron chi connectivity index (χ2n) is 6.37. The van der Waals surface area contributed by atoms with Crippen molar-refractivity contribution in [1.29, 1.82) is 0 Å². The maximum absolute atomic E-state index is 11.9. The summed E-state index contributed by atoms with van der Waals surface area (Å²) in [7, 11) is 1.56. The summed E-state index contributed by atoms with van der Waals surface area (Å²) >= 11 is 0. The lowest BCUT2D eigenvalue weighted by molar-refractivity contribution is -0.161. The van der Waals surface area contributed by atoms with Crippen LogP contribution in [0.15, 0.2) is 24.3 Å². The van der Waals surface area contributed by atoms with E-state index in [1.165, 1.54) is 0 Å². The summed E-state index contributed by atoms with van der Waals surface area (Å²) in [4.78, 5) is 23.9. The molecule has 7 nitrogen and oxygen atoms in total. The van der Waals surface area contributed by atoms with Crippen molar-refractivity contribution in [2.24, 2.45) is 0 Å². The molecule has 1 saturated carbocycles. The highest BCUT2D eigenvalue weighted by atomic mass is 16.7. The van der Waals surface area contributed by atoms with Gasteiger partial charge in [-0.15, -0.1) is 0 Å². The summed E-state index contributed by atoms with van der Waals surface area (Å²) < 4.78 is 16.9. The van der Waals surface area contributed by atoms with Gasteiger partial charge in [0.05, 0.1) is 13.7 Å². The number of hydrogen-bond acceptors (Lipinski definition) is 5. The lowest BCUT2D eigenvalue weighted by atomic mass is 10.2. The SMILES string of the molecule is COc1ccccc1CNC(=O)C(=O)NCC1COC2(CCCC2)O1. The van der Waals surface area contributed by atoms with Gasteiger partial charge in [-0.1, -0.05) is 18.2 Å². The Labute approximate surface area is 147 Å². The zero-order chi connectivity index (χ0) is 17.7. The molecule has 1 saturated heterocycles. The summed E-state index contributed by atoms with van der Waals surface area (Å²) in [5, 5.41) is 5.20. The molecule has 7 heteroatoms. The Morgan fingerprint density at radius 1 is 1.20 bits per heavy atom. The van der Waals surface area contributed by atoms with Crippen molar-refractivity contribution >= 4 is 11.8 Å². The summed E-state index contributed by atoms with van der Waals surface area (Å²) in [5.74, 6) is -1.14. The van der Waals surface area contributed by atoms with Crippen LogP contribution in [0.4, 0.5) is 0 Å². The fourth-order valence-corrected chi connectivity index (χ4v) is 3.28. The molecule has 1 aromatic rings. The smallest absolute Gasteiger partial charge is 0.309 e. The number of carbonyl (C=O) groups is 2. The first kappa shape index (κ1) is 17.7. The molecule has 136 valence electrons. The highest BCUT2D eigenvalue weighted by Crippen LogP contribution is 2.38. The Kier molecular flexibility index (Phi) is 5.55. The lowest BCUT2D eigenvalue weighted by Gasteiger charge is -2.21. The second kappa shape index (κ2) is 7.84. The van der Waals surface area contributed by atoms with Crippen molar-refractivity contribution in [3.8, 4) is 5.75 Å². The predicted molar refractivity (Wildman–Crippen MR) is 89.9 cm³/mol. The molecule has 2 N–H and O–H groups in total. The molecule has 1 aromatic carbocycles. The van der Waals surface area contributed by atoms with E-state index in [1.807, 2.05) is 18.2 Å². The van der Waals surface area contributed by atoms with Gasteiger partial charge in [0.15, 0.2) is 5.79 Å². The Balaban J connectivity index is 1.41. The van der Waals surface area contributed by atoms with Crippen molar-refractivity contribution in [1.82, 2.24) is 10.6 Å². The van der Waals surface area contributed by atoms with E-state index < -0.39 is 17.6 Å². The number of methoxy groups -OCH3 is 1.